The van der Waals surface area contributed by atoms with Crippen LogP contribution in [-0.2, 0) is 10.0 Å². The van der Waals surface area contributed by atoms with Gasteiger partial charge in [-0.3, -0.25) is 0 Å². The fraction of sp³-hybridized carbons (Fsp3) is 0.179. The Bertz CT molecular complexity index is 1580. The van der Waals surface area contributed by atoms with Crippen LogP contribution in [0.3, 0.4) is 0 Å². The van der Waals surface area contributed by atoms with Gasteiger partial charge in [-0.25, -0.2) is 13.2 Å². The summed E-state index contributed by atoms with van der Waals surface area (Å²) in [4.78, 5) is 11.3. The summed E-state index contributed by atoms with van der Waals surface area (Å²) in [5.41, 5.74) is 1.75. The van der Waals surface area contributed by atoms with E-state index in [1.165, 1.54) is 28.6 Å². The molecule has 1 fully saturated rings. The molecule has 2 atom stereocenters. The van der Waals surface area contributed by atoms with Crippen molar-refractivity contribution in [1.82, 2.24) is 4.31 Å². The number of carbonyl (C=O) groups is 1. The molecule has 37 heavy (non-hydrogen) atoms. The number of carboxylic acids is 1. The van der Waals surface area contributed by atoms with Crippen LogP contribution >= 0.6 is 23.2 Å². The molecule has 6 nitrogen and oxygen atoms in total. The smallest absolute Gasteiger partial charge is 0.335 e. The molecule has 0 radical (unpaired) electrons. The minimum atomic E-state index is -3.95. The number of fused-ring (bicyclic) bond motifs is 1. The van der Waals surface area contributed by atoms with Crippen molar-refractivity contribution >= 4 is 50.0 Å². The van der Waals surface area contributed by atoms with Crippen molar-refractivity contribution < 1.29 is 23.1 Å². The Balaban J connectivity index is 1.58. The predicted octanol–water partition coefficient (Wildman–Crippen LogP) is 6.77. The zero-order chi connectivity index (χ0) is 26.3. The van der Waals surface area contributed by atoms with E-state index in [0.717, 1.165) is 27.6 Å². The number of halogens is 2. The quantitative estimate of drug-likeness (QED) is 0.283. The van der Waals surface area contributed by atoms with Crippen molar-refractivity contribution in [2.75, 3.05) is 13.7 Å². The van der Waals surface area contributed by atoms with Gasteiger partial charge in [0.05, 0.1) is 23.6 Å². The molecule has 4 aromatic carbocycles. The van der Waals surface area contributed by atoms with Gasteiger partial charge in [0.25, 0.3) is 0 Å². The standard InChI is InChI=1S/C28H23Cl2NO5S/c1-36-25-7-4-18-10-20(3-2-19(18)13-25)27-14-22(21-11-23(29)15-24(30)12-21)16-31(27)37(34,35)26-8-5-17(6-9-26)28(32)33/h2-13,15,22,27H,14,16H2,1H3,(H,32,33)/t22-,27-/m1/s1. The lowest BCUT2D eigenvalue weighted by Gasteiger charge is -2.25. The molecule has 0 unspecified atom stereocenters. The monoisotopic (exact) mass is 555 g/mol. The molecular formula is C28H23Cl2NO5S. The molecule has 1 aliphatic rings. The molecule has 0 bridgehead atoms. The summed E-state index contributed by atoms with van der Waals surface area (Å²) in [5, 5.41) is 12.1. The van der Waals surface area contributed by atoms with Gasteiger partial charge in [0.2, 0.25) is 10.0 Å². The molecule has 0 aliphatic carbocycles. The van der Waals surface area contributed by atoms with Gasteiger partial charge in [0, 0.05) is 16.6 Å². The average molecular weight is 556 g/mol. The summed E-state index contributed by atoms with van der Waals surface area (Å²) in [7, 11) is -2.34. The minimum Gasteiger partial charge on any atom is -0.497 e. The van der Waals surface area contributed by atoms with Crippen LogP contribution in [0.4, 0.5) is 0 Å². The van der Waals surface area contributed by atoms with Crippen molar-refractivity contribution in [1.29, 1.82) is 0 Å². The van der Waals surface area contributed by atoms with Gasteiger partial charge in [-0.2, -0.15) is 4.31 Å². The van der Waals surface area contributed by atoms with Gasteiger partial charge < -0.3 is 9.84 Å². The van der Waals surface area contributed by atoms with E-state index < -0.39 is 22.0 Å². The SMILES string of the molecule is COc1ccc2cc([C@H]3C[C@@H](c4cc(Cl)cc(Cl)c4)CN3S(=O)(=O)c3ccc(C(=O)O)cc3)ccc2c1. The van der Waals surface area contributed by atoms with Gasteiger partial charge in [0.1, 0.15) is 5.75 Å². The summed E-state index contributed by atoms with van der Waals surface area (Å²) in [6, 6.07) is 21.8. The number of ether oxygens (including phenoxy) is 1. The fourth-order valence-corrected chi connectivity index (χ4v) is 7.12. The molecular weight excluding hydrogens is 533 g/mol. The summed E-state index contributed by atoms with van der Waals surface area (Å²) in [6.45, 7) is 0.227. The number of methoxy groups -OCH3 is 1. The van der Waals surface area contributed by atoms with E-state index in [0.29, 0.717) is 16.5 Å². The highest BCUT2D eigenvalue weighted by atomic mass is 35.5. The van der Waals surface area contributed by atoms with Crippen molar-refractivity contribution in [3.05, 3.63) is 106 Å². The number of hydrogen-bond acceptors (Lipinski definition) is 4. The molecule has 190 valence electrons. The number of rotatable bonds is 6. The van der Waals surface area contributed by atoms with Crippen molar-refractivity contribution in [3.8, 4) is 5.75 Å². The Labute approximate surface area is 225 Å². The van der Waals surface area contributed by atoms with Crippen molar-refractivity contribution in [3.63, 3.8) is 0 Å². The van der Waals surface area contributed by atoms with Crippen LogP contribution in [0.25, 0.3) is 10.8 Å². The van der Waals surface area contributed by atoms with Crippen LogP contribution in [0.1, 0.15) is 39.9 Å². The zero-order valence-corrected chi connectivity index (χ0v) is 22.1. The van der Waals surface area contributed by atoms with Gasteiger partial charge in [0.15, 0.2) is 0 Å². The molecule has 0 amide bonds. The number of sulfonamides is 1. The molecule has 1 aliphatic heterocycles. The van der Waals surface area contributed by atoms with E-state index in [-0.39, 0.29) is 22.9 Å². The van der Waals surface area contributed by atoms with Crippen molar-refractivity contribution in [2.45, 2.75) is 23.3 Å². The highest BCUT2D eigenvalue weighted by molar-refractivity contribution is 7.89. The Morgan fingerprint density at radius 3 is 2.19 bits per heavy atom. The average Bonchev–Trinajstić information content (AvgIpc) is 3.34. The third-order valence-corrected chi connectivity index (χ3v) is 9.10. The lowest BCUT2D eigenvalue weighted by molar-refractivity contribution is 0.0696. The lowest BCUT2D eigenvalue weighted by atomic mass is 9.93. The maximum absolute atomic E-state index is 13.9. The molecule has 1 heterocycles. The van der Waals surface area contributed by atoms with E-state index in [1.807, 2.05) is 48.5 Å². The summed E-state index contributed by atoms with van der Waals surface area (Å²) < 4.78 is 34.5. The highest BCUT2D eigenvalue weighted by Gasteiger charge is 2.41. The predicted molar refractivity (Wildman–Crippen MR) is 144 cm³/mol. The largest absolute Gasteiger partial charge is 0.497 e. The molecule has 1 saturated heterocycles. The van der Waals surface area contributed by atoms with Crippen LogP contribution in [0.15, 0.2) is 83.8 Å². The maximum atomic E-state index is 13.9. The Morgan fingerprint density at radius 1 is 0.892 bits per heavy atom. The molecule has 5 rings (SSSR count). The summed E-state index contributed by atoms with van der Waals surface area (Å²) in [6.07, 6.45) is 0.533. The molecule has 0 spiro atoms. The molecule has 4 aromatic rings. The van der Waals surface area contributed by atoms with Crippen LogP contribution in [0.2, 0.25) is 10.0 Å². The van der Waals surface area contributed by atoms with Crippen LogP contribution in [-0.4, -0.2) is 37.5 Å². The molecule has 0 aromatic heterocycles. The number of hydrogen-bond donors (Lipinski definition) is 1. The van der Waals surface area contributed by atoms with E-state index in [4.69, 9.17) is 27.9 Å². The first-order valence-electron chi connectivity index (χ1n) is 11.5. The second kappa shape index (κ2) is 9.99. The lowest BCUT2D eigenvalue weighted by Crippen LogP contribution is -2.31. The number of nitrogens with zero attached hydrogens (tertiary/aromatic N) is 1. The fourth-order valence-electron chi connectivity index (χ4n) is 4.91. The van der Waals surface area contributed by atoms with Gasteiger partial charge >= 0.3 is 5.97 Å². The Hall–Kier alpha value is -3.10. The van der Waals surface area contributed by atoms with Crippen LogP contribution in [0.5, 0.6) is 5.75 Å². The van der Waals surface area contributed by atoms with Gasteiger partial charge in [-0.05, 0) is 94.9 Å². The van der Waals surface area contributed by atoms with E-state index >= 15 is 0 Å². The van der Waals surface area contributed by atoms with Crippen LogP contribution in [0, 0.1) is 0 Å². The van der Waals surface area contributed by atoms with E-state index in [1.54, 1.807) is 13.2 Å². The first-order chi connectivity index (χ1) is 17.7. The summed E-state index contributed by atoms with van der Waals surface area (Å²) in [5.74, 6) is -0.512. The molecule has 9 heteroatoms. The van der Waals surface area contributed by atoms with Gasteiger partial charge in [-0.15, -0.1) is 0 Å². The Kier molecular flexibility index (Phi) is 6.89. The second-order valence-electron chi connectivity index (χ2n) is 9.03. The zero-order valence-electron chi connectivity index (χ0n) is 19.8. The molecule has 0 saturated carbocycles. The van der Waals surface area contributed by atoms with Gasteiger partial charge in [-0.1, -0.05) is 41.4 Å². The Morgan fingerprint density at radius 2 is 1.54 bits per heavy atom. The molecule has 1 N–H and O–H groups in total. The van der Waals surface area contributed by atoms with E-state index in [2.05, 4.69) is 0 Å². The normalized spacial score (nSPS) is 18.2. The van der Waals surface area contributed by atoms with Crippen molar-refractivity contribution in [2.24, 2.45) is 0 Å². The first kappa shape index (κ1) is 25.5. The van der Waals surface area contributed by atoms with Crippen LogP contribution < -0.4 is 4.74 Å². The maximum Gasteiger partial charge on any atom is 0.335 e. The highest BCUT2D eigenvalue weighted by Crippen LogP contribution is 2.45. The number of benzene rings is 4. The second-order valence-corrected chi connectivity index (χ2v) is 11.8. The summed E-state index contributed by atoms with van der Waals surface area (Å²) >= 11 is 12.5. The minimum absolute atomic E-state index is 0.0216. The third-order valence-electron chi connectivity index (χ3n) is 6.78. The first-order valence-corrected chi connectivity index (χ1v) is 13.7. The third kappa shape index (κ3) is 5.05. The number of carboxylic acid groups (broad SMARTS) is 1. The topological polar surface area (TPSA) is 83.9 Å². The van der Waals surface area contributed by atoms with E-state index in [9.17, 15) is 18.3 Å². The number of aromatic carboxylic acids is 1.